The van der Waals surface area contributed by atoms with Crippen LogP contribution in [0.25, 0.3) is 11.3 Å². The zero-order valence-corrected chi connectivity index (χ0v) is 16.8. The summed E-state index contributed by atoms with van der Waals surface area (Å²) < 4.78 is 15.9. The van der Waals surface area contributed by atoms with Crippen LogP contribution in [-0.4, -0.2) is 48.3 Å². The molecule has 1 heterocycles. The van der Waals surface area contributed by atoms with Gasteiger partial charge in [0.2, 0.25) is 0 Å². The van der Waals surface area contributed by atoms with Gasteiger partial charge in [-0.2, -0.15) is 10.2 Å². The highest BCUT2D eigenvalue weighted by Gasteiger charge is 2.15. The Morgan fingerprint density at radius 1 is 1.20 bits per heavy atom. The van der Waals surface area contributed by atoms with Crippen LogP contribution < -0.4 is 19.6 Å². The van der Waals surface area contributed by atoms with Crippen LogP contribution in [0.2, 0.25) is 0 Å². The van der Waals surface area contributed by atoms with E-state index in [4.69, 9.17) is 14.2 Å². The van der Waals surface area contributed by atoms with Crippen molar-refractivity contribution in [2.24, 2.45) is 5.10 Å². The van der Waals surface area contributed by atoms with Gasteiger partial charge in [-0.05, 0) is 43.3 Å². The van der Waals surface area contributed by atoms with Crippen LogP contribution >= 0.6 is 0 Å². The number of carbonyl (C=O) groups excluding carboxylic acids is 1. The lowest BCUT2D eigenvalue weighted by Gasteiger charge is -2.08. The molecule has 2 aromatic carbocycles. The molecule has 0 saturated heterocycles. The minimum absolute atomic E-state index is 0.0497. The van der Waals surface area contributed by atoms with Crippen LogP contribution in [0.15, 0.2) is 47.6 Å². The number of amides is 1. The van der Waals surface area contributed by atoms with Crippen LogP contribution in [0.4, 0.5) is 0 Å². The number of carbonyl (C=O) groups is 1. The summed E-state index contributed by atoms with van der Waals surface area (Å²) in [5.74, 6) is 1.03. The first-order valence-corrected chi connectivity index (χ1v) is 9.13. The lowest BCUT2D eigenvalue weighted by atomic mass is 10.1. The third-order valence-corrected chi connectivity index (χ3v) is 4.20. The Hall–Kier alpha value is -4.01. The number of hydrazone groups is 1. The molecule has 0 atom stereocenters. The molecule has 0 aliphatic rings. The molecular formula is C21H22N4O5. The highest BCUT2D eigenvalue weighted by atomic mass is 16.5. The summed E-state index contributed by atoms with van der Waals surface area (Å²) in [6.45, 7) is 2.24. The number of H-pyrrole nitrogens is 1. The molecule has 1 amide bonds. The largest absolute Gasteiger partial charge is 0.504 e. The number of benzene rings is 2. The first-order chi connectivity index (χ1) is 14.6. The summed E-state index contributed by atoms with van der Waals surface area (Å²) in [5, 5.41) is 20.9. The average molecular weight is 410 g/mol. The number of phenolic OH excluding ortho intramolecular Hbond substituents is 1. The first kappa shape index (κ1) is 20.7. The molecule has 30 heavy (non-hydrogen) atoms. The van der Waals surface area contributed by atoms with Crippen molar-refractivity contribution in [1.29, 1.82) is 0 Å². The predicted octanol–water partition coefficient (Wildman–Crippen LogP) is 2.96. The smallest absolute Gasteiger partial charge is 0.289 e. The van der Waals surface area contributed by atoms with Crippen LogP contribution in [0.3, 0.4) is 0 Å². The van der Waals surface area contributed by atoms with Gasteiger partial charge in [0.1, 0.15) is 17.2 Å². The fraction of sp³-hybridized carbons (Fsp3) is 0.190. The summed E-state index contributed by atoms with van der Waals surface area (Å²) in [6.07, 6.45) is 1.33. The quantitative estimate of drug-likeness (QED) is 0.388. The molecular weight excluding hydrogens is 388 g/mol. The summed E-state index contributed by atoms with van der Waals surface area (Å²) >= 11 is 0. The third kappa shape index (κ3) is 4.52. The molecule has 0 spiro atoms. The molecule has 0 bridgehead atoms. The first-order valence-electron chi connectivity index (χ1n) is 9.13. The van der Waals surface area contributed by atoms with Gasteiger partial charge in [0.05, 0.1) is 32.7 Å². The number of aromatic nitrogens is 2. The van der Waals surface area contributed by atoms with Gasteiger partial charge in [-0.15, -0.1) is 0 Å². The minimum Gasteiger partial charge on any atom is -0.504 e. The zero-order chi connectivity index (χ0) is 21.5. The number of aromatic hydroxyl groups is 1. The number of para-hydroxylation sites is 1. The molecule has 156 valence electrons. The van der Waals surface area contributed by atoms with Crippen molar-refractivity contribution in [3.8, 4) is 34.3 Å². The molecule has 0 radical (unpaired) electrons. The number of hydrogen-bond donors (Lipinski definition) is 3. The number of ether oxygens (including phenoxy) is 3. The van der Waals surface area contributed by atoms with Gasteiger partial charge in [-0.1, -0.05) is 6.07 Å². The van der Waals surface area contributed by atoms with Crippen molar-refractivity contribution in [1.82, 2.24) is 15.6 Å². The Morgan fingerprint density at radius 3 is 2.77 bits per heavy atom. The van der Waals surface area contributed by atoms with Crippen molar-refractivity contribution < 1.29 is 24.1 Å². The topological polar surface area (TPSA) is 118 Å². The second-order valence-electron chi connectivity index (χ2n) is 6.06. The van der Waals surface area contributed by atoms with Crippen LogP contribution in [0.5, 0.6) is 23.0 Å². The fourth-order valence-electron chi connectivity index (χ4n) is 2.73. The van der Waals surface area contributed by atoms with E-state index in [2.05, 4.69) is 20.7 Å². The van der Waals surface area contributed by atoms with Crippen molar-refractivity contribution in [3.63, 3.8) is 0 Å². The molecule has 0 saturated carbocycles. The van der Waals surface area contributed by atoms with Crippen LogP contribution in [-0.2, 0) is 0 Å². The Morgan fingerprint density at radius 2 is 2.03 bits per heavy atom. The second kappa shape index (κ2) is 9.46. The number of methoxy groups -OCH3 is 2. The van der Waals surface area contributed by atoms with Gasteiger partial charge < -0.3 is 19.3 Å². The van der Waals surface area contributed by atoms with Crippen molar-refractivity contribution in [3.05, 3.63) is 53.7 Å². The zero-order valence-electron chi connectivity index (χ0n) is 16.8. The summed E-state index contributed by atoms with van der Waals surface area (Å²) in [5.41, 5.74) is 4.20. The van der Waals surface area contributed by atoms with E-state index in [-0.39, 0.29) is 11.4 Å². The van der Waals surface area contributed by atoms with E-state index in [9.17, 15) is 9.90 Å². The Labute approximate surface area is 173 Å². The normalized spacial score (nSPS) is 10.8. The lowest BCUT2D eigenvalue weighted by molar-refractivity contribution is 0.0950. The maximum absolute atomic E-state index is 12.4. The maximum Gasteiger partial charge on any atom is 0.289 e. The fourth-order valence-corrected chi connectivity index (χ4v) is 2.73. The average Bonchev–Trinajstić information content (AvgIpc) is 3.26. The van der Waals surface area contributed by atoms with E-state index in [1.54, 1.807) is 56.7 Å². The Kier molecular flexibility index (Phi) is 6.53. The summed E-state index contributed by atoms with van der Waals surface area (Å²) in [7, 11) is 3.12. The number of rotatable bonds is 8. The number of hydrogen-bond acceptors (Lipinski definition) is 7. The van der Waals surface area contributed by atoms with Crippen molar-refractivity contribution >= 4 is 12.1 Å². The van der Waals surface area contributed by atoms with Gasteiger partial charge in [0.15, 0.2) is 11.5 Å². The van der Waals surface area contributed by atoms with E-state index in [1.165, 1.54) is 6.21 Å². The SMILES string of the molecule is CCOc1cccc(C=NNC(=O)c2cc(-c3cc(OC)ccc3OC)n[nH]2)c1O. The van der Waals surface area contributed by atoms with Gasteiger partial charge >= 0.3 is 0 Å². The molecule has 0 aliphatic heterocycles. The molecule has 9 heteroatoms. The van der Waals surface area contributed by atoms with Gasteiger partial charge in [-0.3, -0.25) is 9.89 Å². The maximum atomic E-state index is 12.4. The molecule has 0 fully saturated rings. The van der Waals surface area contributed by atoms with Gasteiger partial charge in [0, 0.05) is 11.1 Å². The van der Waals surface area contributed by atoms with E-state index in [0.29, 0.717) is 40.7 Å². The standard InChI is InChI=1S/C21H22N4O5/c1-4-30-19-7-5-6-13(20(19)26)12-22-25-21(27)17-11-16(23-24-17)15-10-14(28-2)8-9-18(15)29-3/h5-12,26H,4H2,1-3H3,(H,23,24)(H,25,27). The van der Waals surface area contributed by atoms with Crippen LogP contribution in [0.1, 0.15) is 23.0 Å². The number of phenols is 1. The molecule has 3 N–H and O–H groups in total. The third-order valence-electron chi connectivity index (χ3n) is 4.20. The van der Waals surface area contributed by atoms with E-state index in [0.717, 1.165) is 0 Å². The molecule has 0 unspecified atom stereocenters. The monoisotopic (exact) mass is 410 g/mol. The molecule has 1 aromatic heterocycles. The highest BCUT2D eigenvalue weighted by Crippen LogP contribution is 2.32. The van der Waals surface area contributed by atoms with Crippen molar-refractivity contribution in [2.45, 2.75) is 6.92 Å². The van der Waals surface area contributed by atoms with E-state index in [1.807, 2.05) is 6.92 Å². The Balaban J connectivity index is 1.74. The Bertz CT molecular complexity index is 1060. The molecule has 9 nitrogen and oxygen atoms in total. The lowest BCUT2D eigenvalue weighted by Crippen LogP contribution is -2.18. The van der Waals surface area contributed by atoms with E-state index < -0.39 is 5.91 Å². The van der Waals surface area contributed by atoms with Crippen LogP contribution in [0, 0.1) is 0 Å². The highest BCUT2D eigenvalue weighted by molar-refractivity contribution is 5.94. The predicted molar refractivity (Wildman–Crippen MR) is 111 cm³/mol. The minimum atomic E-state index is -0.493. The van der Waals surface area contributed by atoms with E-state index >= 15 is 0 Å². The number of nitrogens with one attached hydrogen (secondary N) is 2. The molecule has 0 aliphatic carbocycles. The molecule has 3 aromatic rings. The van der Waals surface area contributed by atoms with Crippen molar-refractivity contribution in [2.75, 3.05) is 20.8 Å². The van der Waals surface area contributed by atoms with Gasteiger partial charge in [0.25, 0.3) is 5.91 Å². The molecule has 3 rings (SSSR count). The number of aromatic amines is 1. The summed E-state index contributed by atoms with van der Waals surface area (Å²) in [6, 6.07) is 11.9. The van der Waals surface area contributed by atoms with Gasteiger partial charge in [-0.25, -0.2) is 5.43 Å². The number of nitrogens with zero attached hydrogens (tertiary/aromatic N) is 2. The second-order valence-corrected chi connectivity index (χ2v) is 6.06. The summed E-state index contributed by atoms with van der Waals surface area (Å²) in [4.78, 5) is 12.4.